The number of aryl methyl sites for hydroxylation is 2. The highest BCUT2D eigenvalue weighted by atomic mass is 32.2. The van der Waals surface area contributed by atoms with Gasteiger partial charge in [0.1, 0.15) is 23.1 Å². The number of anilines is 1. The van der Waals surface area contributed by atoms with Gasteiger partial charge >= 0.3 is 5.97 Å². The zero-order valence-corrected chi connectivity index (χ0v) is 22.8. The molecule has 0 saturated carbocycles. The van der Waals surface area contributed by atoms with Gasteiger partial charge in [-0.3, -0.25) is 4.79 Å². The van der Waals surface area contributed by atoms with Gasteiger partial charge in [0, 0.05) is 35.9 Å². The normalized spacial score (nSPS) is 21.4. The van der Waals surface area contributed by atoms with Crippen molar-refractivity contribution in [1.82, 2.24) is 4.98 Å². The Morgan fingerprint density at radius 1 is 1.21 bits per heavy atom. The molecule has 1 saturated heterocycles. The van der Waals surface area contributed by atoms with Gasteiger partial charge in [-0.1, -0.05) is 6.07 Å². The van der Waals surface area contributed by atoms with Crippen molar-refractivity contribution in [1.29, 1.82) is 0 Å². The van der Waals surface area contributed by atoms with Crippen LogP contribution < -0.4 is 14.2 Å². The van der Waals surface area contributed by atoms with Crippen molar-refractivity contribution in [2.75, 3.05) is 25.1 Å². The Labute approximate surface area is 231 Å². The molecule has 0 unspecified atom stereocenters. The Morgan fingerprint density at radius 2 is 2.03 bits per heavy atom. The molecule has 2 aliphatic heterocycles. The number of benzene rings is 2. The van der Waals surface area contributed by atoms with E-state index in [1.165, 1.54) is 12.0 Å². The Hall–Kier alpha value is -3.30. The molecule has 7 nitrogen and oxygen atoms in total. The van der Waals surface area contributed by atoms with Crippen LogP contribution >= 0.6 is 12.0 Å². The van der Waals surface area contributed by atoms with Gasteiger partial charge < -0.3 is 24.1 Å². The molecular formula is C30H31FN2O5S. The first-order valence-corrected chi connectivity index (χ1v) is 14.1. The molecule has 1 aromatic heterocycles. The fourth-order valence-electron chi connectivity index (χ4n) is 6.00. The van der Waals surface area contributed by atoms with Crippen LogP contribution in [0.2, 0.25) is 0 Å². The number of hydrogen-bond acceptors (Lipinski definition) is 7. The lowest BCUT2D eigenvalue weighted by Gasteiger charge is -2.19. The predicted octanol–water partition coefficient (Wildman–Crippen LogP) is 6.37. The molecule has 1 aliphatic carbocycles. The van der Waals surface area contributed by atoms with Crippen LogP contribution in [0.5, 0.6) is 11.5 Å². The van der Waals surface area contributed by atoms with Gasteiger partial charge in [-0.2, -0.15) is 0 Å². The van der Waals surface area contributed by atoms with Crippen LogP contribution in [0.4, 0.5) is 10.2 Å². The molecule has 39 heavy (non-hydrogen) atoms. The third kappa shape index (κ3) is 5.17. The summed E-state index contributed by atoms with van der Waals surface area (Å²) in [6.07, 6.45) is 4.17. The molecule has 2 N–H and O–H groups in total. The maximum atomic E-state index is 15.3. The number of aliphatic carboxylic acids is 1. The second-order valence-electron chi connectivity index (χ2n) is 10.5. The Bertz CT molecular complexity index is 1400. The van der Waals surface area contributed by atoms with E-state index in [4.69, 9.17) is 18.8 Å². The van der Waals surface area contributed by atoms with E-state index >= 15 is 4.39 Å². The summed E-state index contributed by atoms with van der Waals surface area (Å²) < 4.78 is 32.5. The Balaban J connectivity index is 1.24. The molecule has 3 atom stereocenters. The molecule has 3 aromatic rings. The molecule has 0 spiro atoms. The highest BCUT2D eigenvalue weighted by molar-refractivity contribution is 7.95. The number of nitrogens with one attached hydrogen (secondary N) is 1. The maximum absolute atomic E-state index is 15.3. The summed E-state index contributed by atoms with van der Waals surface area (Å²) >= 11 is 1.47. The Kier molecular flexibility index (Phi) is 7.12. The molecule has 0 bridgehead atoms. The van der Waals surface area contributed by atoms with Crippen molar-refractivity contribution in [3.8, 4) is 22.6 Å². The van der Waals surface area contributed by atoms with Crippen LogP contribution in [-0.2, 0) is 16.0 Å². The van der Waals surface area contributed by atoms with Crippen LogP contribution in [0.1, 0.15) is 59.0 Å². The molecule has 1 fully saturated rings. The highest BCUT2D eigenvalue weighted by Gasteiger charge is 2.31. The fraction of sp³-hybridized carbons (Fsp3) is 0.400. The van der Waals surface area contributed by atoms with Crippen molar-refractivity contribution in [2.24, 2.45) is 0 Å². The van der Waals surface area contributed by atoms with Crippen molar-refractivity contribution >= 4 is 23.8 Å². The van der Waals surface area contributed by atoms with Crippen LogP contribution in [0.25, 0.3) is 11.1 Å². The van der Waals surface area contributed by atoms with Crippen LogP contribution in [-0.4, -0.2) is 41.1 Å². The Morgan fingerprint density at radius 3 is 2.77 bits per heavy atom. The molecule has 9 heteroatoms. The number of rotatable bonds is 8. The van der Waals surface area contributed by atoms with Crippen LogP contribution in [0.3, 0.4) is 0 Å². The van der Waals surface area contributed by atoms with Gasteiger partial charge in [-0.15, -0.1) is 0 Å². The van der Waals surface area contributed by atoms with E-state index in [-0.39, 0.29) is 24.2 Å². The zero-order chi connectivity index (χ0) is 27.1. The van der Waals surface area contributed by atoms with Crippen LogP contribution in [0, 0.1) is 19.7 Å². The van der Waals surface area contributed by atoms with Gasteiger partial charge in [0.25, 0.3) is 0 Å². The number of fused-ring (bicyclic) bond motifs is 2. The van der Waals surface area contributed by atoms with Crippen LogP contribution in [0.15, 0.2) is 36.5 Å². The van der Waals surface area contributed by atoms with E-state index in [9.17, 15) is 4.79 Å². The molecule has 6 rings (SSSR count). The number of nitrogens with zero attached hydrogens (tertiary/aromatic N) is 1. The number of aromatic nitrogens is 1. The fourth-order valence-corrected chi connectivity index (χ4v) is 6.69. The molecule has 0 radical (unpaired) electrons. The lowest BCUT2D eigenvalue weighted by molar-refractivity contribution is -0.137. The molecule has 3 heterocycles. The van der Waals surface area contributed by atoms with Gasteiger partial charge in [0.2, 0.25) is 0 Å². The third-order valence-corrected chi connectivity index (χ3v) is 8.73. The van der Waals surface area contributed by atoms with Gasteiger partial charge in [-0.25, -0.2) is 9.37 Å². The minimum atomic E-state index is -0.863. The smallest absolute Gasteiger partial charge is 0.304 e. The number of ether oxygens (including phenoxy) is 2. The number of carbonyl (C=O) groups is 1. The molecular weight excluding hydrogens is 519 g/mol. The average Bonchev–Trinajstić information content (AvgIpc) is 3.65. The summed E-state index contributed by atoms with van der Waals surface area (Å²) in [5.41, 5.74) is 6.84. The number of pyridine rings is 1. The lowest BCUT2D eigenvalue weighted by atomic mass is 9.90. The SMILES string of the molecule is Cc1cc(OS[C@@H]2CCOC2)cc(C)c1-c1ccc(F)c2c1CC[C@H]2Nc1cc2c(cn1)[C@H](CC(=O)O)CO2. The largest absolute Gasteiger partial charge is 0.492 e. The second-order valence-corrected chi connectivity index (χ2v) is 11.6. The van der Waals surface area contributed by atoms with Crippen molar-refractivity contribution in [2.45, 2.75) is 56.7 Å². The number of hydrogen-bond donors (Lipinski definition) is 2. The second kappa shape index (κ2) is 10.7. The van der Waals surface area contributed by atoms with E-state index in [1.54, 1.807) is 18.3 Å². The van der Waals surface area contributed by atoms with Crippen molar-refractivity contribution < 1.29 is 27.9 Å². The van der Waals surface area contributed by atoms with Crippen molar-refractivity contribution in [3.05, 3.63) is 70.2 Å². The minimum Gasteiger partial charge on any atom is -0.492 e. The lowest BCUT2D eigenvalue weighted by Crippen LogP contribution is -2.10. The number of carboxylic acid groups (broad SMARTS) is 1. The predicted molar refractivity (Wildman–Crippen MR) is 148 cm³/mol. The van der Waals surface area contributed by atoms with Gasteiger partial charge in [0.15, 0.2) is 0 Å². The van der Waals surface area contributed by atoms with Crippen molar-refractivity contribution in [3.63, 3.8) is 0 Å². The third-order valence-electron chi connectivity index (χ3n) is 7.80. The van der Waals surface area contributed by atoms with Gasteiger partial charge in [-0.05, 0) is 79.1 Å². The quantitative estimate of drug-likeness (QED) is 0.313. The van der Waals surface area contributed by atoms with E-state index in [2.05, 4.69) is 36.3 Å². The number of carboxylic acids is 1. The topological polar surface area (TPSA) is 89.9 Å². The van der Waals surface area contributed by atoms with E-state index < -0.39 is 5.97 Å². The monoisotopic (exact) mass is 550 g/mol. The first-order chi connectivity index (χ1) is 18.9. The summed E-state index contributed by atoms with van der Waals surface area (Å²) in [7, 11) is 0. The first-order valence-electron chi connectivity index (χ1n) is 13.3. The summed E-state index contributed by atoms with van der Waals surface area (Å²) in [6, 6.07) is 9.12. The van der Waals surface area contributed by atoms with E-state index in [0.717, 1.165) is 71.6 Å². The minimum absolute atomic E-state index is 0.00565. The van der Waals surface area contributed by atoms with Gasteiger partial charge in [0.05, 0.1) is 43.0 Å². The highest BCUT2D eigenvalue weighted by Crippen LogP contribution is 2.44. The summed E-state index contributed by atoms with van der Waals surface area (Å²) in [4.78, 5) is 15.7. The first kappa shape index (κ1) is 26.0. The molecule has 3 aliphatic rings. The zero-order valence-electron chi connectivity index (χ0n) is 22.0. The number of halogens is 1. The summed E-state index contributed by atoms with van der Waals surface area (Å²) in [6.45, 7) is 5.98. The summed E-state index contributed by atoms with van der Waals surface area (Å²) in [5, 5.41) is 12.9. The maximum Gasteiger partial charge on any atom is 0.304 e. The molecule has 204 valence electrons. The van der Waals surface area contributed by atoms with E-state index in [0.29, 0.717) is 29.0 Å². The molecule has 2 aromatic carbocycles. The standard InChI is InChI=1S/C30H31FN2O5S/c1-16-9-19(38-39-20-7-8-36-15-20)10-17(2)29(16)21-3-5-24(31)30-22(21)4-6-25(30)33-27-12-26-23(13-32-27)18(14-37-26)11-28(34)35/h3,5,9-10,12-13,18,20,25H,4,6-8,11,14-15H2,1-2H3,(H,32,33)(H,34,35)/t18-,20-,25-/m1/s1. The average molecular weight is 551 g/mol. The van der Waals surface area contributed by atoms with E-state index in [1.807, 2.05) is 6.07 Å². The summed E-state index contributed by atoms with van der Waals surface area (Å²) in [5.74, 6) is 0.750. The molecule has 0 amide bonds.